The van der Waals surface area contributed by atoms with Crippen LogP contribution < -0.4 is 31.4 Å². The van der Waals surface area contributed by atoms with E-state index in [1.165, 1.54) is 12.5 Å². The van der Waals surface area contributed by atoms with Crippen LogP contribution in [0.5, 0.6) is 11.5 Å². The molecule has 28 heavy (non-hydrogen) atoms. The number of nitrogens with two attached hydrogens (primary N) is 1. The molecule has 0 saturated carbocycles. The number of aromatic nitrogens is 3. The van der Waals surface area contributed by atoms with Gasteiger partial charge in [-0.1, -0.05) is 6.07 Å². The topological polar surface area (TPSA) is 136 Å². The number of hydrogen-bond acceptors (Lipinski definition) is 9. The molecule has 0 saturated heterocycles. The number of carbonyl (C=O) groups is 1. The van der Waals surface area contributed by atoms with Gasteiger partial charge < -0.3 is 20.5 Å². The van der Waals surface area contributed by atoms with Gasteiger partial charge in [-0.3, -0.25) is 20.6 Å². The van der Waals surface area contributed by atoms with E-state index in [9.17, 15) is 4.79 Å². The van der Waals surface area contributed by atoms with E-state index in [4.69, 9.17) is 15.2 Å². The van der Waals surface area contributed by atoms with Crippen LogP contribution in [0.25, 0.3) is 0 Å². The molecule has 0 fully saturated rings. The van der Waals surface area contributed by atoms with E-state index in [0.717, 1.165) is 0 Å². The minimum Gasteiger partial charge on any atom is -0.497 e. The van der Waals surface area contributed by atoms with Gasteiger partial charge in [-0.2, -0.15) is 0 Å². The van der Waals surface area contributed by atoms with Gasteiger partial charge in [-0.25, -0.2) is 9.97 Å². The van der Waals surface area contributed by atoms with E-state index in [0.29, 0.717) is 23.0 Å². The highest BCUT2D eigenvalue weighted by Gasteiger charge is 2.13. The molecular weight excluding hydrogens is 362 g/mol. The van der Waals surface area contributed by atoms with Crippen molar-refractivity contribution in [3.05, 3.63) is 54.6 Å². The molecule has 10 nitrogen and oxygen atoms in total. The SMILES string of the molecule is COc1ccc(OC)c(Nc2ncnc(NNC(=O)c3ccccn3)c2N)c1. The van der Waals surface area contributed by atoms with Gasteiger partial charge in [0.05, 0.1) is 19.9 Å². The third kappa shape index (κ3) is 4.18. The molecule has 1 amide bonds. The summed E-state index contributed by atoms with van der Waals surface area (Å²) in [6.45, 7) is 0. The summed E-state index contributed by atoms with van der Waals surface area (Å²) in [4.78, 5) is 24.2. The Morgan fingerprint density at radius 1 is 1.04 bits per heavy atom. The Morgan fingerprint density at radius 2 is 1.86 bits per heavy atom. The lowest BCUT2D eigenvalue weighted by molar-refractivity contribution is 0.0957. The number of rotatable bonds is 7. The van der Waals surface area contributed by atoms with Crippen molar-refractivity contribution in [2.45, 2.75) is 0 Å². The first-order valence-corrected chi connectivity index (χ1v) is 8.19. The molecule has 0 atom stereocenters. The van der Waals surface area contributed by atoms with E-state index in [1.807, 2.05) is 0 Å². The van der Waals surface area contributed by atoms with E-state index >= 15 is 0 Å². The van der Waals surface area contributed by atoms with Crippen molar-refractivity contribution >= 4 is 28.9 Å². The molecule has 0 radical (unpaired) electrons. The average Bonchev–Trinajstić information content (AvgIpc) is 2.74. The number of anilines is 4. The molecule has 0 aliphatic carbocycles. The maximum Gasteiger partial charge on any atom is 0.288 e. The molecule has 3 rings (SSSR count). The Bertz CT molecular complexity index is 967. The van der Waals surface area contributed by atoms with Gasteiger partial charge in [0.2, 0.25) is 0 Å². The average molecular weight is 381 g/mol. The van der Waals surface area contributed by atoms with Crippen LogP contribution in [-0.4, -0.2) is 35.1 Å². The molecule has 0 spiro atoms. The Balaban J connectivity index is 1.77. The summed E-state index contributed by atoms with van der Waals surface area (Å²) in [7, 11) is 3.12. The van der Waals surface area contributed by atoms with Gasteiger partial charge in [-0.15, -0.1) is 0 Å². The summed E-state index contributed by atoms with van der Waals surface area (Å²) >= 11 is 0. The van der Waals surface area contributed by atoms with Crippen molar-refractivity contribution in [3.8, 4) is 11.5 Å². The lowest BCUT2D eigenvalue weighted by atomic mass is 10.2. The first-order valence-electron chi connectivity index (χ1n) is 8.19. The second-order valence-corrected chi connectivity index (χ2v) is 5.47. The Labute approximate surface area is 161 Å². The van der Waals surface area contributed by atoms with Crippen LogP contribution in [-0.2, 0) is 0 Å². The van der Waals surface area contributed by atoms with Crippen molar-refractivity contribution in [1.82, 2.24) is 20.4 Å². The third-order valence-corrected chi connectivity index (χ3v) is 3.74. The van der Waals surface area contributed by atoms with Crippen molar-refractivity contribution in [2.24, 2.45) is 0 Å². The highest BCUT2D eigenvalue weighted by Crippen LogP contribution is 2.33. The van der Waals surface area contributed by atoms with Crippen LogP contribution in [0.2, 0.25) is 0 Å². The zero-order valence-corrected chi connectivity index (χ0v) is 15.3. The second-order valence-electron chi connectivity index (χ2n) is 5.47. The normalized spacial score (nSPS) is 10.1. The number of amides is 1. The molecule has 0 aliphatic heterocycles. The highest BCUT2D eigenvalue weighted by atomic mass is 16.5. The van der Waals surface area contributed by atoms with E-state index in [-0.39, 0.29) is 17.2 Å². The van der Waals surface area contributed by atoms with Gasteiger partial charge in [0.25, 0.3) is 5.91 Å². The maximum atomic E-state index is 12.1. The van der Waals surface area contributed by atoms with Crippen LogP contribution in [0.3, 0.4) is 0 Å². The fraction of sp³-hybridized carbons (Fsp3) is 0.111. The van der Waals surface area contributed by atoms with Crippen LogP contribution in [0.4, 0.5) is 23.0 Å². The van der Waals surface area contributed by atoms with Gasteiger partial charge in [0.1, 0.15) is 29.2 Å². The van der Waals surface area contributed by atoms with Crippen LogP contribution in [0.1, 0.15) is 10.5 Å². The molecule has 3 aromatic rings. The predicted molar refractivity (Wildman–Crippen MR) is 105 cm³/mol. The minimum atomic E-state index is -0.428. The summed E-state index contributed by atoms with van der Waals surface area (Å²) in [5.41, 5.74) is 12.4. The molecule has 1 aromatic carbocycles. The predicted octanol–water partition coefficient (Wildman–Crippen LogP) is 1.97. The highest BCUT2D eigenvalue weighted by molar-refractivity contribution is 5.93. The summed E-state index contributed by atoms with van der Waals surface area (Å²) < 4.78 is 10.6. The Kier molecular flexibility index (Phi) is 5.70. The summed E-state index contributed by atoms with van der Waals surface area (Å²) in [5, 5.41) is 3.08. The first-order chi connectivity index (χ1) is 13.6. The number of nitrogens with zero attached hydrogens (tertiary/aromatic N) is 3. The third-order valence-electron chi connectivity index (χ3n) is 3.74. The van der Waals surface area contributed by atoms with Crippen molar-refractivity contribution in [2.75, 3.05) is 30.7 Å². The second kappa shape index (κ2) is 8.54. The summed E-state index contributed by atoms with van der Waals surface area (Å²) in [6.07, 6.45) is 2.83. The number of benzene rings is 1. The summed E-state index contributed by atoms with van der Waals surface area (Å²) in [5.74, 6) is 1.34. The Morgan fingerprint density at radius 3 is 2.57 bits per heavy atom. The quantitative estimate of drug-likeness (QED) is 0.453. The first kappa shape index (κ1) is 18.7. The summed E-state index contributed by atoms with van der Waals surface area (Å²) in [6, 6.07) is 10.3. The zero-order valence-electron chi connectivity index (χ0n) is 15.3. The standard InChI is InChI=1S/C18H19N7O3/c1-27-11-6-7-14(28-2)13(9-11)23-16-15(19)17(22-10-21-16)24-25-18(26)12-5-3-4-8-20-12/h3-10H,19H2,1-2H3,(H,25,26)(H2,21,22,23,24). The van der Waals surface area contributed by atoms with Gasteiger partial charge in [0.15, 0.2) is 11.6 Å². The number of ether oxygens (including phenoxy) is 2. The molecule has 0 bridgehead atoms. The largest absolute Gasteiger partial charge is 0.497 e. The smallest absolute Gasteiger partial charge is 0.288 e. The minimum absolute atomic E-state index is 0.202. The Hall–Kier alpha value is -4.08. The molecule has 0 aliphatic rings. The molecule has 2 heterocycles. The molecule has 10 heteroatoms. The fourth-order valence-corrected chi connectivity index (χ4v) is 2.31. The monoisotopic (exact) mass is 381 g/mol. The van der Waals surface area contributed by atoms with Gasteiger partial charge in [-0.05, 0) is 24.3 Å². The van der Waals surface area contributed by atoms with Crippen molar-refractivity contribution < 1.29 is 14.3 Å². The molecule has 5 N–H and O–H groups in total. The van der Waals surface area contributed by atoms with Crippen LogP contribution >= 0.6 is 0 Å². The number of hydrazine groups is 1. The number of pyridine rings is 1. The van der Waals surface area contributed by atoms with Crippen molar-refractivity contribution in [3.63, 3.8) is 0 Å². The lowest BCUT2D eigenvalue weighted by Crippen LogP contribution is -2.31. The number of nitrogens with one attached hydrogen (secondary N) is 3. The number of nitrogen functional groups attached to an aromatic ring is 1. The number of carbonyl (C=O) groups excluding carboxylic acids is 1. The van der Waals surface area contributed by atoms with E-state index < -0.39 is 5.91 Å². The number of hydrogen-bond donors (Lipinski definition) is 4. The molecule has 0 unspecified atom stereocenters. The lowest BCUT2D eigenvalue weighted by Gasteiger charge is -2.15. The maximum absolute atomic E-state index is 12.1. The molecule has 144 valence electrons. The van der Waals surface area contributed by atoms with Crippen LogP contribution in [0.15, 0.2) is 48.9 Å². The molecule has 2 aromatic heterocycles. The van der Waals surface area contributed by atoms with Gasteiger partial charge >= 0.3 is 0 Å². The fourth-order valence-electron chi connectivity index (χ4n) is 2.31. The van der Waals surface area contributed by atoms with Gasteiger partial charge in [0, 0.05) is 12.3 Å². The van der Waals surface area contributed by atoms with Crippen molar-refractivity contribution in [1.29, 1.82) is 0 Å². The zero-order chi connectivity index (χ0) is 19.9. The van der Waals surface area contributed by atoms with E-state index in [2.05, 4.69) is 31.1 Å². The number of methoxy groups -OCH3 is 2. The van der Waals surface area contributed by atoms with E-state index in [1.54, 1.807) is 50.6 Å². The van der Waals surface area contributed by atoms with Crippen LogP contribution in [0, 0.1) is 0 Å². The molecular formula is C18H19N7O3.